The molecule has 1 saturated heterocycles. The Hall–Kier alpha value is -8.46. The zero-order chi connectivity index (χ0) is 56.3. The normalized spacial score (nSPS) is 15.5. The van der Waals surface area contributed by atoms with Crippen molar-refractivity contribution in [2.75, 3.05) is 13.1 Å². The Balaban J connectivity index is 0.000000152. The molecule has 6 heterocycles. The van der Waals surface area contributed by atoms with Crippen LogP contribution >= 0.6 is 0 Å². The van der Waals surface area contributed by atoms with Gasteiger partial charge in [-0.2, -0.15) is 28.7 Å². The summed E-state index contributed by atoms with van der Waals surface area (Å²) in [5.41, 5.74) is 6.41. The molecule has 79 heavy (non-hydrogen) atoms. The first-order valence-corrected chi connectivity index (χ1v) is 27.4. The van der Waals surface area contributed by atoms with Gasteiger partial charge in [0.15, 0.2) is 0 Å². The van der Waals surface area contributed by atoms with Gasteiger partial charge >= 0.3 is 0 Å². The average molecular weight is 1120 g/mol. The molecular weight excluding hydrogens is 1070 g/mol. The second kappa shape index (κ2) is 22.9. The molecule has 5 aromatic carbocycles. The van der Waals surface area contributed by atoms with Gasteiger partial charge in [-0.3, -0.25) is 33.0 Å². The van der Waals surface area contributed by atoms with Crippen molar-refractivity contribution in [3.05, 3.63) is 210 Å². The molecule has 5 N–H and O–H groups in total. The van der Waals surface area contributed by atoms with E-state index in [4.69, 9.17) is 22.1 Å². The summed E-state index contributed by atoms with van der Waals surface area (Å²) >= 11 is 0. The van der Waals surface area contributed by atoms with Gasteiger partial charge < -0.3 is 14.4 Å². The second-order valence-electron chi connectivity index (χ2n) is 19.2. The number of aromatic nitrogens is 6. The third kappa shape index (κ3) is 13.1. The fourth-order valence-corrected chi connectivity index (χ4v) is 9.75. The molecule has 25 heteroatoms. The molecule has 1 saturated carbocycles. The number of benzene rings is 5. The Bertz CT molecular complexity index is 4060. The molecule has 3 aromatic heterocycles. The number of amides is 2. The van der Waals surface area contributed by atoms with Gasteiger partial charge in [-0.15, -0.1) is 0 Å². The quantitative estimate of drug-likeness (QED) is 0.0946. The molecule has 2 amide bonds. The summed E-state index contributed by atoms with van der Waals surface area (Å²) < 4.78 is 93.4. The zero-order valence-corrected chi connectivity index (χ0v) is 43.8. The van der Waals surface area contributed by atoms with E-state index in [1.807, 2.05) is 41.3 Å². The largest absolute Gasteiger partial charge is 0.726 e. The van der Waals surface area contributed by atoms with Crippen LogP contribution in [0.5, 0.6) is 0 Å². The van der Waals surface area contributed by atoms with Gasteiger partial charge in [0, 0.05) is 35.7 Å². The van der Waals surface area contributed by atoms with Crippen LogP contribution in [-0.2, 0) is 46.4 Å². The Morgan fingerprint density at radius 2 is 1.18 bits per heavy atom. The Morgan fingerprint density at radius 3 is 1.63 bits per heavy atom. The lowest BCUT2D eigenvalue weighted by atomic mass is 10.0. The van der Waals surface area contributed by atoms with Crippen molar-refractivity contribution in [3.8, 4) is 0 Å². The number of nitrogens with one attached hydrogen (secondary N) is 3. The molecular formula is C54H50F2N10O11S2. The summed E-state index contributed by atoms with van der Waals surface area (Å²) in [6.07, 6.45) is 6.82. The van der Waals surface area contributed by atoms with E-state index in [2.05, 4.69) is 44.4 Å². The highest BCUT2D eigenvalue weighted by Gasteiger charge is 2.37. The summed E-state index contributed by atoms with van der Waals surface area (Å²) in [6.45, 7) is 5.88. The van der Waals surface area contributed by atoms with E-state index < -0.39 is 32.2 Å². The highest BCUT2D eigenvalue weighted by Crippen LogP contribution is 2.38. The van der Waals surface area contributed by atoms with Crippen LogP contribution in [0, 0.1) is 11.6 Å². The fraction of sp³-hybridized carbons (Fsp3) is 0.222. The van der Waals surface area contributed by atoms with E-state index in [0.29, 0.717) is 73.3 Å². The maximum absolute atomic E-state index is 14.7. The minimum absolute atomic E-state index is 0.0328. The first kappa shape index (κ1) is 55.3. The summed E-state index contributed by atoms with van der Waals surface area (Å²) in [5, 5.41) is 26.1. The molecule has 2 fully saturated rings. The van der Waals surface area contributed by atoms with Gasteiger partial charge in [0.05, 0.1) is 81.3 Å². The number of H-pyrrole nitrogens is 2. The van der Waals surface area contributed by atoms with Gasteiger partial charge in [0.25, 0.3) is 33.1 Å². The van der Waals surface area contributed by atoms with Crippen molar-refractivity contribution in [1.29, 1.82) is 0 Å². The van der Waals surface area contributed by atoms with Crippen LogP contribution in [0.4, 0.5) is 8.78 Å². The SMILES string of the molecule is CC(C)[NH+]1C=C2CN(C(=O)c3cc(Cc4n[nH]c(=O)c5ccccc45)ccc3F)CC2=N1.O=C(c1cc(Cc2n[nH]c(=O)c3ccccc23)ccc1F)N1Cc2cnn(C3CC3)c2C1.O=S(=O)(O)c1ccccc1.O=S(=O)([O-])O. The van der Waals surface area contributed by atoms with Crippen LogP contribution in [0.1, 0.15) is 87.2 Å². The number of hydrogen-bond donors (Lipinski definition) is 5. The number of nitrogens with zero attached hydrogens (tertiary/aromatic N) is 7. The van der Waals surface area contributed by atoms with Crippen LogP contribution in [-0.4, -0.2) is 107 Å². The number of carbonyl (C=O) groups excluding carboxylic acids is 2. The minimum atomic E-state index is -4.92. The van der Waals surface area contributed by atoms with Crippen LogP contribution < -0.4 is 16.1 Å². The number of carbonyl (C=O) groups is 2. The van der Waals surface area contributed by atoms with Gasteiger partial charge in [0.2, 0.25) is 10.4 Å². The van der Waals surface area contributed by atoms with Crippen LogP contribution in [0.3, 0.4) is 0 Å². The maximum Gasteiger partial charge on any atom is 0.294 e. The van der Waals surface area contributed by atoms with Crippen LogP contribution in [0.25, 0.3) is 21.5 Å². The highest BCUT2D eigenvalue weighted by molar-refractivity contribution is 7.85. The van der Waals surface area contributed by atoms with Crippen molar-refractivity contribution in [1.82, 2.24) is 40.0 Å². The summed E-state index contributed by atoms with van der Waals surface area (Å²) in [5.74, 6) is -1.78. The Labute approximate surface area is 449 Å². The first-order chi connectivity index (χ1) is 37.6. The van der Waals surface area contributed by atoms with E-state index in [0.717, 1.165) is 62.3 Å². The molecule has 4 aliphatic rings. The summed E-state index contributed by atoms with van der Waals surface area (Å²) in [6, 6.07) is 31.7. The Kier molecular flexibility index (Phi) is 16.0. The molecule has 0 bridgehead atoms. The topological polar surface area (TPSA) is 299 Å². The van der Waals surface area contributed by atoms with Gasteiger partial charge in [-0.1, -0.05) is 71.8 Å². The number of quaternary nitrogens is 1. The predicted molar refractivity (Wildman–Crippen MR) is 283 cm³/mol. The van der Waals surface area contributed by atoms with Crippen molar-refractivity contribution in [3.63, 3.8) is 0 Å². The molecule has 0 spiro atoms. The number of likely N-dealkylation sites (tertiary alicyclic amines) is 1. The molecule has 0 radical (unpaired) electrons. The number of rotatable bonds is 9. The third-order valence-corrected chi connectivity index (χ3v) is 14.1. The fourth-order valence-electron chi connectivity index (χ4n) is 9.25. The maximum atomic E-state index is 14.7. The van der Waals surface area contributed by atoms with E-state index in [1.54, 1.807) is 76.5 Å². The van der Waals surface area contributed by atoms with Gasteiger partial charge in [-0.05, 0) is 86.3 Å². The lowest BCUT2D eigenvalue weighted by Crippen LogP contribution is -3.05. The van der Waals surface area contributed by atoms with E-state index >= 15 is 0 Å². The molecule has 1 atom stereocenters. The smallest absolute Gasteiger partial charge is 0.294 e. The Morgan fingerprint density at radius 1 is 0.696 bits per heavy atom. The standard InChI is InChI=1S/C24H20FN5O2.C24H22FN5O2.C6H6O3S.H2O4S/c25-20-8-5-14(10-21-17-3-1-2-4-18(17)23(31)28-27-21)9-19(20)24(32)29-12-15-11-26-30(16-6-7-16)22(15)13-29;1-14(2)30-12-16-11-29(13-22(16)28-30)24(32)19-9-15(7-8-20(19)25)10-21-17-5-3-4-6-18(17)23(31)27-26-21;7-10(8,9)6-4-2-1-3-5-6;1-5(2,3)4/h1-5,8-9,11,16H,6-7,10,12-13H2,(H,28,31);3-9,12,14H,10-11,13H2,1-2H3,(H,27,31);1-5H,(H,7,8,9);(H2,1,2,3,4). The van der Waals surface area contributed by atoms with Gasteiger partial charge in [-0.25, -0.2) is 27.4 Å². The molecule has 8 aromatic rings. The van der Waals surface area contributed by atoms with Crippen molar-refractivity contribution in [2.24, 2.45) is 5.10 Å². The highest BCUT2D eigenvalue weighted by atomic mass is 32.3. The summed E-state index contributed by atoms with van der Waals surface area (Å²) in [4.78, 5) is 53.6. The van der Waals surface area contributed by atoms with Gasteiger partial charge in [0.1, 0.15) is 29.6 Å². The number of hydrogen-bond acceptors (Lipinski definition) is 13. The monoisotopic (exact) mass is 1120 g/mol. The van der Waals surface area contributed by atoms with Crippen molar-refractivity contribution >= 4 is 59.6 Å². The minimum Gasteiger partial charge on any atom is -0.726 e. The van der Waals surface area contributed by atoms with Crippen LogP contribution in [0.15, 0.2) is 153 Å². The van der Waals surface area contributed by atoms with E-state index in [1.165, 1.54) is 24.3 Å². The number of aromatic amines is 2. The molecule has 21 nitrogen and oxygen atoms in total. The molecule has 408 valence electrons. The lowest BCUT2D eigenvalue weighted by Gasteiger charge is -2.17. The van der Waals surface area contributed by atoms with E-state index in [-0.39, 0.29) is 39.0 Å². The second-order valence-corrected chi connectivity index (χ2v) is 21.5. The third-order valence-electron chi connectivity index (χ3n) is 13.3. The predicted octanol–water partition coefficient (Wildman–Crippen LogP) is 4.93. The molecule has 12 rings (SSSR count). The summed E-state index contributed by atoms with van der Waals surface area (Å²) in [7, 11) is -8.92. The molecule has 3 aliphatic heterocycles. The van der Waals surface area contributed by atoms with Crippen molar-refractivity contribution < 1.29 is 53.9 Å². The lowest BCUT2D eigenvalue weighted by molar-refractivity contribution is -0.874. The number of halogens is 2. The van der Waals surface area contributed by atoms with Crippen LogP contribution in [0.2, 0.25) is 0 Å². The van der Waals surface area contributed by atoms with E-state index in [9.17, 15) is 36.4 Å². The molecule has 1 unspecified atom stereocenters. The van der Waals surface area contributed by atoms with Crippen molar-refractivity contribution in [2.45, 2.75) is 69.6 Å². The molecule has 1 aliphatic carbocycles. The zero-order valence-electron chi connectivity index (χ0n) is 42.2. The average Bonchev–Trinajstić information content (AvgIpc) is 3.98. The first-order valence-electron chi connectivity index (χ1n) is 24.6. The number of fused-ring (bicyclic) bond motifs is 4.